The predicted molar refractivity (Wildman–Crippen MR) is 73.6 cm³/mol. The van der Waals surface area contributed by atoms with Gasteiger partial charge >= 0.3 is 6.18 Å². The molecule has 2 N–H and O–H groups in total. The van der Waals surface area contributed by atoms with Gasteiger partial charge in [0.05, 0.1) is 13.1 Å². The minimum Gasteiger partial charge on any atom is -0.353 e. The van der Waals surface area contributed by atoms with Crippen molar-refractivity contribution in [2.75, 3.05) is 32.7 Å². The van der Waals surface area contributed by atoms with Gasteiger partial charge < -0.3 is 15.5 Å². The summed E-state index contributed by atoms with van der Waals surface area (Å²) in [7, 11) is 0. The maximum atomic E-state index is 11.9. The van der Waals surface area contributed by atoms with Crippen molar-refractivity contribution in [2.45, 2.75) is 45.8 Å². The Balaban J connectivity index is 3.69. The molecule has 0 fully saturated rings. The third kappa shape index (κ3) is 11.0. The molecule has 120 valence electrons. The Morgan fingerprint density at radius 1 is 1.25 bits per heavy atom. The van der Waals surface area contributed by atoms with E-state index in [9.17, 15) is 18.0 Å². The summed E-state index contributed by atoms with van der Waals surface area (Å²) < 4.78 is 35.6. The van der Waals surface area contributed by atoms with Crippen molar-refractivity contribution in [2.24, 2.45) is 0 Å². The van der Waals surface area contributed by atoms with Crippen LogP contribution in [0.4, 0.5) is 13.2 Å². The van der Waals surface area contributed by atoms with Crippen molar-refractivity contribution in [3.8, 4) is 0 Å². The SMILES string of the molecule is CCN(CC)CCCC(C)NC(=O)CNCC(F)(F)F. The maximum absolute atomic E-state index is 11.9. The van der Waals surface area contributed by atoms with E-state index >= 15 is 0 Å². The van der Waals surface area contributed by atoms with Crippen molar-refractivity contribution in [3.05, 3.63) is 0 Å². The van der Waals surface area contributed by atoms with Crippen LogP contribution in [-0.4, -0.2) is 55.7 Å². The Morgan fingerprint density at radius 2 is 1.85 bits per heavy atom. The van der Waals surface area contributed by atoms with E-state index in [2.05, 4.69) is 29.4 Å². The summed E-state index contributed by atoms with van der Waals surface area (Å²) in [5.74, 6) is -0.399. The highest BCUT2D eigenvalue weighted by Crippen LogP contribution is 2.11. The van der Waals surface area contributed by atoms with E-state index in [0.717, 1.165) is 32.5 Å². The molecule has 0 saturated carbocycles. The molecule has 0 saturated heterocycles. The zero-order valence-corrected chi connectivity index (χ0v) is 12.5. The van der Waals surface area contributed by atoms with Gasteiger partial charge in [-0.25, -0.2) is 0 Å². The minimum absolute atomic E-state index is 0.0225. The minimum atomic E-state index is -4.28. The predicted octanol–water partition coefficient (Wildman–Crippen LogP) is 1.76. The topological polar surface area (TPSA) is 44.4 Å². The molecule has 0 rings (SSSR count). The number of hydrogen-bond acceptors (Lipinski definition) is 3. The standard InChI is InChI=1S/C13H26F3N3O/c1-4-19(5-2)8-6-7-11(3)18-12(20)9-17-10-13(14,15)16/h11,17H,4-10H2,1-3H3,(H,18,20). The highest BCUT2D eigenvalue weighted by molar-refractivity contribution is 5.78. The lowest BCUT2D eigenvalue weighted by Gasteiger charge is -2.20. The number of amides is 1. The second-order valence-electron chi connectivity index (χ2n) is 4.86. The highest BCUT2D eigenvalue weighted by Gasteiger charge is 2.26. The smallest absolute Gasteiger partial charge is 0.353 e. The molecular weight excluding hydrogens is 271 g/mol. The van der Waals surface area contributed by atoms with Crippen molar-refractivity contribution in [3.63, 3.8) is 0 Å². The molecule has 4 nitrogen and oxygen atoms in total. The van der Waals surface area contributed by atoms with Crippen LogP contribution in [0.1, 0.15) is 33.6 Å². The molecule has 0 aliphatic carbocycles. The lowest BCUT2D eigenvalue weighted by Crippen LogP contribution is -2.41. The Labute approximate surface area is 119 Å². The maximum Gasteiger partial charge on any atom is 0.401 e. The first-order chi connectivity index (χ1) is 9.28. The van der Waals surface area contributed by atoms with Crippen molar-refractivity contribution in [1.82, 2.24) is 15.5 Å². The monoisotopic (exact) mass is 297 g/mol. The first-order valence-corrected chi connectivity index (χ1v) is 7.07. The normalized spacial score (nSPS) is 13.6. The second kappa shape index (κ2) is 9.99. The van der Waals surface area contributed by atoms with Gasteiger partial charge in [0.25, 0.3) is 0 Å². The molecule has 1 amide bonds. The van der Waals surface area contributed by atoms with Crippen LogP contribution in [0.25, 0.3) is 0 Å². The average molecular weight is 297 g/mol. The summed E-state index contributed by atoms with van der Waals surface area (Å²) >= 11 is 0. The van der Waals surface area contributed by atoms with Gasteiger partial charge in [-0.05, 0) is 39.4 Å². The van der Waals surface area contributed by atoms with Crippen molar-refractivity contribution >= 4 is 5.91 Å². The molecule has 0 spiro atoms. The van der Waals surface area contributed by atoms with Crippen LogP contribution in [-0.2, 0) is 4.79 Å². The summed E-state index contributed by atoms with van der Waals surface area (Å²) in [5, 5.41) is 4.77. The van der Waals surface area contributed by atoms with Gasteiger partial charge in [-0.2, -0.15) is 13.2 Å². The third-order valence-electron chi connectivity index (χ3n) is 3.02. The van der Waals surface area contributed by atoms with Crippen molar-refractivity contribution < 1.29 is 18.0 Å². The van der Waals surface area contributed by atoms with Crippen LogP contribution in [0.15, 0.2) is 0 Å². The molecule has 1 unspecified atom stereocenters. The molecule has 0 heterocycles. The van der Waals surface area contributed by atoms with Crippen molar-refractivity contribution in [1.29, 1.82) is 0 Å². The Morgan fingerprint density at radius 3 is 2.35 bits per heavy atom. The fourth-order valence-corrected chi connectivity index (χ4v) is 1.88. The lowest BCUT2D eigenvalue weighted by molar-refractivity contribution is -0.128. The molecule has 0 aliphatic heterocycles. The van der Waals surface area contributed by atoms with Gasteiger partial charge in [0, 0.05) is 6.04 Å². The van der Waals surface area contributed by atoms with Crippen LogP contribution in [0.3, 0.4) is 0 Å². The zero-order valence-electron chi connectivity index (χ0n) is 12.5. The summed E-state index contributed by atoms with van der Waals surface area (Å²) in [6, 6.07) is -0.0225. The Hall–Kier alpha value is -0.820. The summed E-state index contributed by atoms with van der Waals surface area (Å²) in [5.41, 5.74) is 0. The van der Waals surface area contributed by atoms with Gasteiger partial charge in [-0.3, -0.25) is 4.79 Å². The Kier molecular flexibility index (Phi) is 9.58. The molecule has 1 atom stereocenters. The second-order valence-corrected chi connectivity index (χ2v) is 4.86. The molecule has 0 aliphatic rings. The number of rotatable bonds is 10. The number of alkyl halides is 3. The van der Waals surface area contributed by atoms with Crippen LogP contribution >= 0.6 is 0 Å². The molecule has 0 bridgehead atoms. The van der Waals surface area contributed by atoms with E-state index in [4.69, 9.17) is 0 Å². The summed E-state index contributed by atoms with van der Waals surface area (Å²) in [6.45, 7) is 7.58. The van der Waals surface area contributed by atoms with Crippen LogP contribution in [0, 0.1) is 0 Å². The summed E-state index contributed by atoms with van der Waals surface area (Å²) in [6.07, 6.45) is -2.50. The van der Waals surface area contributed by atoms with E-state index in [0.29, 0.717) is 0 Å². The number of halogens is 3. The van der Waals surface area contributed by atoms with Gasteiger partial charge in [-0.1, -0.05) is 13.8 Å². The number of carbonyl (C=O) groups is 1. The van der Waals surface area contributed by atoms with Gasteiger partial charge in [0.2, 0.25) is 5.91 Å². The molecular formula is C13H26F3N3O. The zero-order chi connectivity index (χ0) is 15.6. The first kappa shape index (κ1) is 19.2. The third-order valence-corrected chi connectivity index (χ3v) is 3.02. The number of carbonyl (C=O) groups excluding carboxylic acids is 1. The van der Waals surface area contributed by atoms with Crippen LogP contribution in [0.5, 0.6) is 0 Å². The molecule has 0 aromatic heterocycles. The van der Waals surface area contributed by atoms with Gasteiger partial charge in [0.15, 0.2) is 0 Å². The fraction of sp³-hybridized carbons (Fsp3) is 0.923. The van der Waals surface area contributed by atoms with E-state index in [1.54, 1.807) is 0 Å². The molecule has 7 heteroatoms. The molecule has 0 aromatic rings. The number of hydrogen-bond donors (Lipinski definition) is 2. The van der Waals surface area contributed by atoms with Gasteiger partial charge in [0.1, 0.15) is 0 Å². The molecule has 20 heavy (non-hydrogen) atoms. The van der Waals surface area contributed by atoms with Crippen LogP contribution < -0.4 is 10.6 Å². The summed E-state index contributed by atoms with van der Waals surface area (Å²) in [4.78, 5) is 13.7. The van der Waals surface area contributed by atoms with E-state index in [1.165, 1.54) is 0 Å². The first-order valence-electron chi connectivity index (χ1n) is 7.07. The quantitative estimate of drug-likeness (QED) is 0.646. The number of nitrogens with zero attached hydrogens (tertiary/aromatic N) is 1. The number of nitrogens with one attached hydrogen (secondary N) is 2. The van der Waals surface area contributed by atoms with E-state index in [-0.39, 0.29) is 12.6 Å². The molecule has 0 radical (unpaired) electrons. The van der Waals surface area contributed by atoms with Crippen LogP contribution in [0.2, 0.25) is 0 Å². The highest BCUT2D eigenvalue weighted by atomic mass is 19.4. The lowest BCUT2D eigenvalue weighted by atomic mass is 10.1. The fourth-order valence-electron chi connectivity index (χ4n) is 1.88. The van der Waals surface area contributed by atoms with E-state index < -0.39 is 18.6 Å². The average Bonchev–Trinajstić information content (AvgIpc) is 2.33. The Bertz CT molecular complexity index is 268. The van der Waals surface area contributed by atoms with Gasteiger partial charge in [-0.15, -0.1) is 0 Å². The van der Waals surface area contributed by atoms with E-state index in [1.807, 2.05) is 6.92 Å². The molecule has 0 aromatic carbocycles. The largest absolute Gasteiger partial charge is 0.401 e.